The van der Waals surface area contributed by atoms with Crippen LogP contribution in [0.25, 0.3) is 5.69 Å². The lowest BCUT2D eigenvalue weighted by Gasteiger charge is -2.28. The van der Waals surface area contributed by atoms with Crippen LogP contribution in [0.2, 0.25) is 5.02 Å². The Hall–Kier alpha value is -3.55. The fourth-order valence-electron chi connectivity index (χ4n) is 4.78. The molecule has 2 heterocycles. The van der Waals surface area contributed by atoms with Gasteiger partial charge in [0.05, 0.1) is 23.6 Å². The Bertz CT molecular complexity index is 1420. The van der Waals surface area contributed by atoms with Crippen LogP contribution in [0.5, 0.6) is 0 Å². The number of hydrogen-bond donors (Lipinski definition) is 0. The molecule has 0 unspecified atom stereocenters. The second-order valence-electron chi connectivity index (χ2n) is 9.14. The minimum absolute atomic E-state index is 0.118. The lowest BCUT2D eigenvalue weighted by atomic mass is 10.0. The molecular formula is C29H27ClF2N4O. The second-order valence-corrected chi connectivity index (χ2v) is 9.58. The van der Waals surface area contributed by atoms with Crippen molar-refractivity contribution in [3.05, 3.63) is 118 Å². The molecule has 5 nitrogen and oxygen atoms in total. The maximum atomic E-state index is 14.3. The summed E-state index contributed by atoms with van der Waals surface area (Å²) < 4.78 is 30.2. The van der Waals surface area contributed by atoms with E-state index in [1.807, 2.05) is 19.1 Å². The zero-order valence-corrected chi connectivity index (χ0v) is 21.3. The van der Waals surface area contributed by atoms with E-state index in [0.717, 1.165) is 17.0 Å². The number of amides is 1. The molecular weight excluding hydrogens is 494 g/mol. The Morgan fingerprint density at radius 2 is 1.84 bits per heavy atom. The second kappa shape index (κ2) is 10.8. The van der Waals surface area contributed by atoms with Crippen molar-refractivity contribution >= 4 is 17.5 Å². The number of carbonyl (C=O) groups excluding carboxylic acids is 1. The Kier molecular flexibility index (Phi) is 7.35. The largest absolute Gasteiger partial charge is 0.333 e. The summed E-state index contributed by atoms with van der Waals surface area (Å²) in [5, 5.41) is 5.44. The van der Waals surface area contributed by atoms with Gasteiger partial charge >= 0.3 is 0 Å². The molecule has 0 atom stereocenters. The fourth-order valence-corrected chi connectivity index (χ4v) is 4.90. The summed E-state index contributed by atoms with van der Waals surface area (Å²) in [4.78, 5) is 17.2. The molecule has 37 heavy (non-hydrogen) atoms. The van der Waals surface area contributed by atoms with Crippen LogP contribution in [-0.2, 0) is 26.1 Å². The molecule has 0 radical (unpaired) electrons. The summed E-state index contributed by atoms with van der Waals surface area (Å²) in [6.45, 7) is 4.45. The average Bonchev–Trinajstić information content (AvgIpc) is 3.26. The smallest absolute Gasteiger partial charge is 0.254 e. The Morgan fingerprint density at radius 1 is 1.05 bits per heavy atom. The van der Waals surface area contributed by atoms with Gasteiger partial charge in [-0.05, 0) is 55.5 Å². The van der Waals surface area contributed by atoms with Gasteiger partial charge in [0.2, 0.25) is 0 Å². The van der Waals surface area contributed by atoms with E-state index in [2.05, 4.69) is 4.90 Å². The van der Waals surface area contributed by atoms with Crippen molar-refractivity contribution in [2.24, 2.45) is 0 Å². The summed E-state index contributed by atoms with van der Waals surface area (Å²) in [6, 6.07) is 20.0. The molecule has 3 aromatic carbocycles. The van der Waals surface area contributed by atoms with Crippen LogP contribution >= 0.6 is 11.6 Å². The highest BCUT2D eigenvalue weighted by Gasteiger charge is 2.28. The van der Waals surface area contributed by atoms with E-state index in [1.165, 1.54) is 18.2 Å². The van der Waals surface area contributed by atoms with Crippen molar-refractivity contribution < 1.29 is 13.6 Å². The molecule has 1 amide bonds. The molecule has 4 aromatic rings. The minimum Gasteiger partial charge on any atom is -0.333 e. The van der Waals surface area contributed by atoms with E-state index in [4.69, 9.17) is 16.7 Å². The lowest BCUT2D eigenvalue weighted by Crippen LogP contribution is -2.33. The standard InChI is InChI=1S/C29H27ClF2N4O/c1-2-35(29(37)20-10-12-22(30)13-11-20)19-27-25-18-34(17-21-6-3-4-9-26(21)32)15-14-28(25)36(33-27)24-8-5-7-23(31)16-24/h3-13,16H,2,14-15,17-19H2,1H3. The summed E-state index contributed by atoms with van der Waals surface area (Å²) in [5.41, 5.74) is 4.55. The fraction of sp³-hybridized carbons (Fsp3) is 0.241. The van der Waals surface area contributed by atoms with E-state index < -0.39 is 0 Å². The molecule has 0 bridgehead atoms. The van der Waals surface area contributed by atoms with Gasteiger partial charge in [-0.25, -0.2) is 13.5 Å². The van der Waals surface area contributed by atoms with Crippen molar-refractivity contribution in [2.75, 3.05) is 13.1 Å². The first kappa shape index (κ1) is 25.1. The number of halogens is 3. The number of hydrogen-bond acceptors (Lipinski definition) is 3. The minimum atomic E-state index is -0.339. The summed E-state index contributed by atoms with van der Waals surface area (Å²) >= 11 is 6.00. The van der Waals surface area contributed by atoms with Crippen LogP contribution in [0.15, 0.2) is 72.8 Å². The molecule has 0 fully saturated rings. The Labute approximate surface area is 219 Å². The molecule has 1 aromatic heterocycles. The van der Waals surface area contributed by atoms with Crippen LogP contribution in [-0.4, -0.2) is 38.6 Å². The quantitative estimate of drug-likeness (QED) is 0.299. The third-order valence-corrected chi connectivity index (χ3v) is 6.98. The highest BCUT2D eigenvalue weighted by Crippen LogP contribution is 2.28. The Morgan fingerprint density at radius 3 is 2.57 bits per heavy atom. The zero-order chi connectivity index (χ0) is 25.9. The van der Waals surface area contributed by atoms with Crippen molar-refractivity contribution in [2.45, 2.75) is 33.0 Å². The monoisotopic (exact) mass is 520 g/mol. The first-order valence-corrected chi connectivity index (χ1v) is 12.7. The molecule has 1 aliphatic heterocycles. The molecule has 0 spiro atoms. The van der Waals surface area contributed by atoms with Gasteiger partial charge in [0.1, 0.15) is 11.6 Å². The summed E-state index contributed by atoms with van der Waals surface area (Å²) in [5.74, 6) is -0.685. The van der Waals surface area contributed by atoms with Crippen LogP contribution < -0.4 is 0 Å². The molecule has 0 saturated heterocycles. The normalized spacial score (nSPS) is 13.4. The van der Waals surface area contributed by atoms with Crippen molar-refractivity contribution in [1.29, 1.82) is 0 Å². The van der Waals surface area contributed by atoms with E-state index in [1.54, 1.807) is 52.0 Å². The molecule has 0 aliphatic carbocycles. The summed E-state index contributed by atoms with van der Waals surface area (Å²) in [7, 11) is 0. The van der Waals surface area contributed by atoms with Gasteiger partial charge in [-0.2, -0.15) is 5.10 Å². The number of nitrogens with zero attached hydrogens (tertiary/aromatic N) is 4. The maximum absolute atomic E-state index is 14.3. The van der Waals surface area contributed by atoms with Gasteiger partial charge < -0.3 is 4.90 Å². The number of fused-ring (bicyclic) bond motifs is 1. The van der Waals surface area contributed by atoms with E-state index in [-0.39, 0.29) is 17.5 Å². The molecule has 8 heteroatoms. The van der Waals surface area contributed by atoms with Gasteiger partial charge in [-0.15, -0.1) is 0 Å². The lowest BCUT2D eigenvalue weighted by molar-refractivity contribution is 0.0749. The number of carbonyl (C=O) groups is 1. The van der Waals surface area contributed by atoms with Crippen molar-refractivity contribution in [1.82, 2.24) is 19.6 Å². The maximum Gasteiger partial charge on any atom is 0.254 e. The van der Waals surface area contributed by atoms with Crippen molar-refractivity contribution in [3.63, 3.8) is 0 Å². The number of rotatable bonds is 7. The SMILES string of the molecule is CCN(Cc1nn(-c2cccc(F)c2)c2c1CN(Cc1ccccc1F)CC2)C(=O)c1ccc(Cl)cc1. The van der Waals surface area contributed by atoms with Gasteiger partial charge in [-0.1, -0.05) is 35.9 Å². The first-order chi connectivity index (χ1) is 17.9. The van der Waals surface area contributed by atoms with Crippen molar-refractivity contribution in [3.8, 4) is 5.69 Å². The zero-order valence-electron chi connectivity index (χ0n) is 20.5. The summed E-state index contributed by atoms with van der Waals surface area (Å²) in [6.07, 6.45) is 0.671. The van der Waals surface area contributed by atoms with Crippen LogP contribution in [0.1, 0.15) is 39.8 Å². The van der Waals surface area contributed by atoms with E-state index >= 15 is 0 Å². The van der Waals surface area contributed by atoms with Crippen LogP contribution in [0, 0.1) is 11.6 Å². The Balaban J connectivity index is 1.48. The molecule has 0 N–H and O–H groups in total. The van der Waals surface area contributed by atoms with Gasteiger partial charge in [0.25, 0.3) is 5.91 Å². The predicted octanol–water partition coefficient (Wildman–Crippen LogP) is 6.02. The first-order valence-electron chi connectivity index (χ1n) is 12.3. The van der Waals surface area contributed by atoms with Gasteiger partial charge in [-0.3, -0.25) is 9.69 Å². The molecule has 5 rings (SSSR count). The third kappa shape index (κ3) is 5.43. The molecule has 190 valence electrons. The highest BCUT2D eigenvalue weighted by molar-refractivity contribution is 6.30. The van der Waals surface area contributed by atoms with E-state index in [0.29, 0.717) is 61.0 Å². The van der Waals surface area contributed by atoms with Crippen LogP contribution in [0.3, 0.4) is 0 Å². The van der Waals surface area contributed by atoms with Gasteiger partial charge in [0.15, 0.2) is 0 Å². The van der Waals surface area contributed by atoms with E-state index in [9.17, 15) is 13.6 Å². The highest BCUT2D eigenvalue weighted by atomic mass is 35.5. The topological polar surface area (TPSA) is 41.4 Å². The number of benzene rings is 3. The average molecular weight is 521 g/mol. The predicted molar refractivity (Wildman–Crippen MR) is 140 cm³/mol. The number of aromatic nitrogens is 2. The third-order valence-electron chi connectivity index (χ3n) is 6.72. The molecule has 0 saturated carbocycles. The van der Waals surface area contributed by atoms with Gasteiger partial charge in [0, 0.05) is 54.3 Å². The molecule has 1 aliphatic rings. The van der Waals surface area contributed by atoms with Crippen LogP contribution in [0.4, 0.5) is 8.78 Å².